The summed E-state index contributed by atoms with van der Waals surface area (Å²) in [7, 11) is 1.74. The number of hydrogen-bond donors (Lipinski definition) is 1. The molecule has 1 aliphatic heterocycles. The zero-order valence-electron chi connectivity index (χ0n) is 14.4. The average Bonchev–Trinajstić information content (AvgIpc) is 3.03. The summed E-state index contributed by atoms with van der Waals surface area (Å²) in [5, 5.41) is 2.64. The maximum Gasteiger partial charge on any atom is 0.251 e. The molecule has 0 saturated carbocycles. The number of amides is 3. The van der Waals surface area contributed by atoms with Crippen LogP contribution in [0.25, 0.3) is 0 Å². The van der Waals surface area contributed by atoms with Gasteiger partial charge >= 0.3 is 0 Å². The van der Waals surface area contributed by atoms with Crippen molar-refractivity contribution in [3.63, 3.8) is 0 Å². The number of carbonyl (C=O) groups excluding carboxylic acids is 3. The molecule has 0 spiro atoms. The maximum absolute atomic E-state index is 12.1. The van der Waals surface area contributed by atoms with Crippen LogP contribution in [0.15, 0.2) is 24.3 Å². The summed E-state index contributed by atoms with van der Waals surface area (Å²) >= 11 is 0. The van der Waals surface area contributed by atoms with Crippen molar-refractivity contribution in [2.45, 2.75) is 32.6 Å². The van der Waals surface area contributed by atoms with Gasteiger partial charge in [0.25, 0.3) is 5.91 Å². The molecule has 1 aromatic rings. The first-order valence-electron chi connectivity index (χ1n) is 8.45. The third-order valence-corrected chi connectivity index (χ3v) is 4.19. The summed E-state index contributed by atoms with van der Waals surface area (Å²) in [6.07, 6.45) is 3.42. The van der Waals surface area contributed by atoms with Crippen LogP contribution >= 0.6 is 0 Å². The Morgan fingerprint density at radius 2 is 1.96 bits per heavy atom. The molecule has 130 valence electrons. The standard InChI is InChI=1S/C18H25N3O3/c1-3-4-11-20(2)17(23)13-19-18(24)14-7-9-15(10-8-14)21-12-5-6-16(21)22/h7-10H,3-6,11-13H2,1-2H3,(H,19,24). The predicted octanol–water partition coefficient (Wildman–Crippen LogP) is 1.80. The molecule has 0 atom stereocenters. The molecule has 1 N–H and O–H groups in total. The highest BCUT2D eigenvalue weighted by atomic mass is 16.2. The van der Waals surface area contributed by atoms with Crippen LogP contribution in [0.5, 0.6) is 0 Å². The van der Waals surface area contributed by atoms with Gasteiger partial charge in [0.05, 0.1) is 6.54 Å². The molecular formula is C18H25N3O3. The second-order valence-electron chi connectivity index (χ2n) is 6.05. The average molecular weight is 331 g/mol. The summed E-state index contributed by atoms with van der Waals surface area (Å²) < 4.78 is 0. The van der Waals surface area contributed by atoms with Gasteiger partial charge in [-0.25, -0.2) is 0 Å². The number of hydrogen-bond acceptors (Lipinski definition) is 3. The first-order valence-corrected chi connectivity index (χ1v) is 8.45. The Bertz CT molecular complexity index is 598. The summed E-state index contributed by atoms with van der Waals surface area (Å²) in [4.78, 5) is 39.1. The van der Waals surface area contributed by atoms with E-state index in [9.17, 15) is 14.4 Å². The molecule has 6 nitrogen and oxygen atoms in total. The summed E-state index contributed by atoms with van der Waals surface area (Å²) in [6.45, 7) is 3.48. The van der Waals surface area contributed by atoms with E-state index in [1.165, 1.54) is 0 Å². The van der Waals surface area contributed by atoms with Crippen LogP contribution in [-0.4, -0.2) is 49.3 Å². The Hall–Kier alpha value is -2.37. The predicted molar refractivity (Wildman–Crippen MR) is 92.9 cm³/mol. The van der Waals surface area contributed by atoms with E-state index in [1.54, 1.807) is 41.1 Å². The molecule has 0 aliphatic carbocycles. The van der Waals surface area contributed by atoms with E-state index in [0.29, 0.717) is 18.5 Å². The van der Waals surface area contributed by atoms with Gasteiger partial charge in [0.15, 0.2) is 0 Å². The minimum absolute atomic E-state index is 0.00852. The molecule has 1 aromatic carbocycles. The van der Waals surface area contributed by atoms with Gasteiger partial charge in [0.1, 0.15) is 0 Å². The molecule has 0 aromatic heterocycles. The molecule has 3 amide bonds. The van der Waals surface area contributed by atoms with E-state index >= 15 is 0 Å². The molecule has 1 fully saturated rings. The number of anilines is 1. The summed E-state index contributed by atoms with van der Waals surface area (Å²) in [5.74, 6) is -0.268. The molecular weight excluding hydrogens is 306 g/mol. The number of benzene rings is 1. The second kappa shape index (κ2) is 8.47. The van der Waals surface area contributed by atoms with E-state index in [2.05, 4.69) is 12.2 Å². The molecule has 0 bridgehead atoms. The number of nitrogens with zero attached hydrogens (tertiary/aromatic N) is 2. The molecule has 0 unspecified atom stereocenters. The van der Waals surface area contributed by atoms with Crippen molar-refractivity contribution in [3.8, 4) is 0 Å². The summed E-state index contributed by atoms with van der Waals surface area (Å²) in [6, 6.07) is 6.91. The lowest BCUT2D eigenvalue weighted by molar-refractivity contribution is -0.128. The molecule has 1 aliphatic rings. The number of unbranched alkanes of at least 4 members (excludes halogenated alkanes) is 1. The van der Waals surface area contributed by atoms with Gasteiger partial charge in [0.2, 0.25) is 11.8 Å². The van der Waals surface area contributed by atoms with Crippen LogP contribution in [0, 0.1) is 0 Å². The van der Waals surface area contributed by atoms with Crippen molar-refractivity contribution in [1.29, 1.82) is 0 Å². The molecule has 6 heteroatoms. The van der Waals surface area contributed by atoms with E-state index in [4.69, 9.17) is 0 Å². The zero-order valence-corrected chi connectivity index (χ0v) is 14.4. The molecule has 1 heterocycles. The van der Waals surface area contributed by atoms with Gasteiger partial charge in [-0.05, 0) is 37.1 Å². The highest BCUT2D eigenvalue weighted by molar-refractivity contribution is 5.98. The van der Waals surface area contributed by atoms with E-state index in [-0.39, 0.29) is 24.3 Å². The highest BCUT2D eigenvalue weighted by Crippen LogP contribution is 2.21. The molecule has 24 heavy (non-hydrogen) atoms. The highest BCUT2D eigenvalue weighted by Gasteiger charge is 2.21. The van der Waals surface area contributed by atoms with Crippen molar-refractivity contribution in [3.05, 3.63) is 29.8 Å². The van der Waals surface area contributed by atoms with E-state index < -0.39 is 0 Å². The van der Waals surface area contributed by atoms with Crippen LogP contribution in [0.1, 0.15) is 43.0 Å². The molecule has 0 radical (unpaired) electrons. The first-order chi connectivity index (χ1) is 11.5. The normalized spacial score (nSPS) is 13.9. The number of rotatable bonds is 7. The Labute approximate surface area is 142 Å². The van der Waals surface area contributed by atoms with Crippen LogP contribution in [0.4, 0.5) is 5.69 Å². The van der Waals surface area contributed by atoms with Gasteiger partial charge in [-0.1, -0.05) is 13.3 Å². The van der Waals surface area contributed by atoms with Gasteiger partial charge in [-0.3, -0.25) is 14.4 Å². The lowest BCUT2D eigenvalue weighted by atomic mass is 10.2. The van der Waals surface area contributed by atoms with Crippen LogP contribution < -0.4 is 10.2 Å². The van der Waals surface area contributed by atoms with Crippen molar-refractivity contribution in [2.24, 2.45) is 0 Å². The van der Waals surface area contributed by atoms with Crippen molar-refractivity contribution >= 4 is 23.4 Å². The topological polar surface area (TPSA) is 69.7 Å². The third kappa shape index (κ3) is 4.57. The lowest BCUT2D eigenvalue weighted by Gasteiger charge is -2.17. The molecule has 1 saturated heterocycles. The fourth-order valence-electron chi connectivity index (χ4n) is 2.63. The number of carbonyl (C=O) groups is 3. The smallest absolute Gasteiger partial charge is 0.251 e. The minimum Gasteiger partial charge on any atom is -0.344 e. The minimum atomic E-state index is -0.286. The lowest BCUT2D eigenvalue weighted by Crippen LogP contribution is -2.38. The quantitative estimate of drug-likeness (QED) is 0.828. The SMILES string of the molecule is CCCCN(C)C(=O)CNC(=O)c1ccc(N2CCCC2=O)cc1. The number of nitrogens with one attached hydrogen (secondary N) is 1. The first kappa shape index (κ1) is 18.0. The van der Waals surface area contributed by atoms with E-state index in [0.717, 1.165) is 31.5 Å². The van der Waals surface area contributed by atoms with E-state index in [1.807, 2.05) is 0 Å². The Morgan fingerprint density at radius 3 is 2.54 bits per heavy atom. The largest absolute Gasteiger partial charge is 0.344 e. The summed E-state index contributed by atoms with van der Waals surface area (Å²) in [5.41, 5.74) is 1.29. The van der Waals surface area contributed by atoms with Crippen molar-refractivity contribution in [2.75, 3.05) is 31.6 Å². The van der Waals surface area contributed by atoms with Gasteiger partial charge in [0, 0.05) is 37.8 Å². The fourth-order valence-corrected chi connectivity index (χ4v) is 2.63. The van der Waals surface area contributed by atoms with Gasteiger partial charge in [-0.15, -0.1) is 0 Å². The Balaban J connectivity index is 1.86. The Morgan fingerprint density at radius 1 is 1.25 bits per heavy atom. The fraction of sp³-hybridized carbons (Fsp3) is 0.500. The van der Waals surface area contributed by atoms with Crippen LogP contribution in [0.2, 0.25) is 0 Å². The monoisotopic (exact) mass is 331 g/mol. The Kier molecular flexibility index (Phi) is 6.35. The zero-order chi connectivity index (χ0) is 17.5. The number of likely N-dealkylation sites (N-methyl/N-ethyl adjacent to an activating group) is 1. The van der Waals surface area contributed by atoms with Crippen molar-refractivity contribution < 1.29 is 14.4 Å². The maximum atomic E-state index is 12.1. The van der Waals surface area contributed by atoms with Gasteiger partial charge in [-0.2, -0.15) is 0 Å². The van der Waals surface area contributed by atoms with Crippen LogP contribution in [0.3, 0.4) is 0 Å². The van der Waals surface area contributed by atoms with Crippen molar-refractivity contribution in [1.82, 2.24) is 10.2 Å². The molecule has 2 rings (SSSR count). The second-order valence-corrected chi connectivity index (χ2v) is 6.05. The van der Waals surface area contributed by atoms with Crippen LogP contribution in [-0.2, 0) is 9.59 Å². The van der Waals surface area contributed by atoms with Gasteiger partial charge < -0.3 is 15.1 Å². The third-order valence-electron chi connectivity index (χ3n) is 4.19.